The molecule has 1 amide bonds. The van der Waals surface area contributed by atoms with Crippen molar-refractivity contribution < 1.29 is 9.53 Å². The van der Waals surface area contributed by atoms with Gasteiger partial charge in [-0.25, -0.2) is 0 Å². The minimum atomic E-state index is -0.296. The molecule has 0 unspecified atom stereocenters. The average molecular weight is 389 g/mol. The Balaban J connectivity index is 1.66. The summed E-state index contributed by atoms with van der Waals surface area (Å²) >= 11 is 0. The van der Waals surface area contributed by atoms with E-state index in [1.165, 1.54) is 6.08 Å². The lowest BCUT2D eigenvalue weighted by atomic mass is 10.3. The first-order chi connectivity index (χ1) is 14.0. The van der Waals surface area contributed by atoms with Gasteiger partial charge in [-0.15, -0.1) is 0 Å². The molecule has 1 aromatic carbocycles. The molecule has 9 heteroatoms. The molecule has 0 aliphatic heterocycles. The first kappa shape index (κ1) is 18.2. The van der Waals surface area contributed by atoms with Crippen LogP contribution in [0.4, 0.5) is 17.3 Å². The fourth-order valence-corrected chi connectivity index (χ4v) is 2.73. The first-order valence-electron chi connectivity index (χ1n) is 8.85. The van der Waals surface area contributed by atoms with Crippen LogP contribution in [-0.4, -0.2) is 30.6 Å². The van der Waals surface area contributed by atoms with Gasteiger partial charge >= 0.3 is 0 Å². The fourth-order valence-electron chi connectivity index (χ4n) is 2.73. The van der Waals surface area contributed by atoms with Crippen LogP contribution in [0.1, 0.15) is 5.69 Å². The number of fused-ring (bicyclic) bond motifs is 1. The third-order valence-electron chi connectivity index (χ3n) is 4.36. The lowest BCUT2D eigenvalue weighted by Crippen LogP contribution is -2.07. The van der Waals surface area contributed by atoms with Crippen molar-refractivity contribution in [3.05, 3.63) is 61.1 Å². The molecule has 9 nitrogen and oxygen atoms in total. The zero-order valence-corrected chi connectivity index (χ0v) is 15.9. The van der Waals surface area contributed by atoms with Crippen LogP contribution in [-0.2, 0) is 11.8 Å². The van der Waals surface area contributed by atoms with Crippen LogP contribution in [0.15, 0.2) is 55.4 Å². The molecule has 0 spiro atoms. The van der Waals surface area contributed by atoms with Gasteiger partial charge in [0.2, 0.25) is 17.7 Å². The number of hydrogen-bond donors (Lipinski definition) is 3. The molecule has 29 heavy (non-hydrogen) atoms. The Morgan fingerprint density at radius 2 is 2.17 bits per heavy atom. The summed E-state index contributed by atoms with van der Waals surface area (Å²) < 4.78 is 7.77. The molecular formula is C20H19N7O2. The molecule has 3 N–H and O–H groups in total. The van der Waals surface area contributed by atoms with Crippen molar-refractivity contribution in [1.29, 1.82) is 0 Å². The molecule has 0 fully saturated rings. The Morgan fingerprint density at radius 1 is 1.31 bits per heavy atom. The summed E-state index contributed by atoms with van der Waals surface area (Å²) in [4.78, 5) is 23.6. The Morgan fingerprint density at radius 3 is 2.93 bits per heavy atom. The minimum Gasteiger partial charge on any atom is -0.438 e. The van der Waals surface area contributed by atoms with Gasteiger partial charge in [0, 0.05) is 25.0 Å². The lowest BCUT2D eigenvalue weighted by Gasteiger charge is -2.10. The van der Waals surface area contributed by atoms with Crippen molar-refractivity contribution in [3.63, 3.8) is 0 Å². The van der Waals surface area contributed by atoms with Crippen LogP contribution in [0.5, 0.6) is 11.6 Å². The molecule has 4 rings (SSSR count). The van der Waals surface area contributed by atoms with Gasteiger partial charge in [-0.05, 0) is 31.2 Å². The molecule has 0 atom stereocenters. The van der Waals surface area contributed by atoms with Crippen LogP contribution in [0.2, 0.25) is 0 Å². The summed E-state index contributed by atoms with van der Waals surface area (Å²) in [6.07, 6.45) is 4.69. The summed E-state index contributed by atoms with van der Waals surface area (Å²) in [6.45, 7) is 5.40. The monoisotopic (exact) mass is 389 g/mol. The zero-order chi connectivity index (χ0) is 20.4. The van der Waals surface area contributed by atoms with Crippen molar-refractivity contribution in [3.8, 4) is 11.6 Å². The number of aromatic nitrogens is 5. The standard InChI is InChI=1S/C20H19N7O2/c1-4-17(28)23-13-6-5-7-14(10-13)29-19-15-8-9-21-18(15)25-20(26-19)24-16-11-22-27(3)12(16)2/h4-11H,1H2,2-3H3,(H,23,28)(H2,21,24,25,26). The van der Waals surface area contributed by atoms with Gasteiger partial charge in [-0.3, -0.25) is 9.48 Å². The number of benzene rings is 1. The molecule has 0 bridgehead atoms. The zero-order valence-electron chi connectivity index (χ0n) is 15.9. The number of anilines is 3. The van der Waals surface area contributed by atoms with E-state index < -0.39 is 0 Å². The maximum Gasteiger partial charge on any atom is 0.247 e. The Kier molecular flexibility index (Phi) is 4.70. The van der Waals surface area contributed by atoms with Crippen LogP contribution < -0.4 is 15.4 Å². The van der Waals surface area contributed by atoms with Crippen LogP contribution in [0.3, 0.4) is 0 Å². The Bertz CT molecular complexity index is 1210. The number of carbonyl (C=O) groups excluding carboxylic acids is 1. The van der Waals surface area contributed by atoms with E-state index in [0.717, 1.165) is 16.8 Å². The van der Waals surface area contributed by atoms with Crippen LogP contribution >= 0.6 is 0 Å². The van der Waals surface area contributed by atoms with E-state index in [0.29, 0.717) is 28.9 Å². The smallest absolute Gasteiger partial charge is 0.247 e. The number of aryl methyl sites for hydroxylation is 1. The van der Waals surface area contributed by atoms with E-state index in [2.05, 4.69) is 37.3 Å². The number of nitrogens with zero attached hydrogens (tertiary/aromatic N) is 4. The van der Waals surface area contributed by atoms with Crippen molar-refractivity contribution in [1.82, 2.24) is 24.7 Å². The number of ether oxygens (including phenoxy) is 1. The summed E-state index contributed by atoms with van der Waals surface area (Å²) in [5, 5.41) is 10.8. The highest BCUT2D eigenvalue weighted by Gasteiger charge is 2.13. The van der Waals surface area contributed by atoms with Crippen LogP contribution in [0.25, 0.3) is 11.0 Å². The van der Waals surface area contributed by atoms with Gasteiger partial charge in [0.15, 0.2) is 0 Å². The normalized spacial score (nSPS) is 10.7. The van der Waals surface area contributed by atoms with Gasteiger partial charge in [0.25, 0.3) is 0 Å². The number of aromatic amines is 1. The van der Waals surface area contributed by atoms with E-state index in [1.54, 1.807) is 41.3 Å². The second-order valence-corrected chi connectivity index (χ2v) is 6.31. The minimum absolute atomic E-state index is 0.296. The molecule has 0 saturated heterocycles. The van der Waals surface area contributed by atoms with E-state index in [9.17, 15) is 4.79 Å². The quantitative estimate of drug-likeness (QED) is 0.434. The van der Waals surface area contributed by atoms with E-state index >= 15 is 0 Å². The van der Waals surface area contributed by atoms with E-state index in [-0.39, 0.29) is 5.91 Å². The molecule has 3 aromatic heterocycles. The number of nitrogens with one attached hydrogen (secondary N) is 3. The number of amides is 1. The molecule has 0 radical (unpaired) electrons. The molecule has 4 aromatic rings. The predicted molar refractivity (Wildman–Crippen MR) is 110 cm³/mol. The molecule has 0 aliphatic carbocycles. The largest absolute Gasteiger partial charge is 0.438 e. The van der Waals surface area contributed by atoms with Crippen molar-refractivity contribution >= 4 is 34.3 Å². The molecule has 146 valence electrons. The summed E-state index contributed by atoms with van der Waals surface area (Å²) in [5.41, 5.74) is 2.98. The van der Waals surface area contributed by atoms with Gasteiger partial charge in [-0.2, -0.15) is 15.1 Å². The van der Waals surface area contributed by atoms with Gasteiger partial charge < -0.3 is 20.4 Å². The highest BCUT2D eigenvalue weighted by atomic mass is 16.5. The second kappa shape index (κ2) is 7.47. The van der Waals surface area contributed by atoms with Gasteiger partial charge in [0.1, 0.15) is 11.4 Å². The maximum absolute atomic E-state index is 11.5. The molecule has 3 heterocycles. The summed E-state index contributed by atoms with van der Waals surface area (Å²) in [6, 6.07) is 8.87. The van der Waals surface area contributed by atoms with Gasteiger partial charge in [0.05, 0.1) is 23.0 Å². The number of rotatable bonds is 6. The highest BCUT2D eigenvalue weighted by Crippen LogP contribution is 2.30. The Hall–Kier alpha value is -4.14. The SMILES string of the molecule is C=CC(=O)Nc1cccc(Oc2nc(Nc3cnn(C)c3C)nc3[nH]ccc23)c1. The van der Waals surface area contributed by atoms with Gasteiger partial charge in [-0.1, -0.05) is 12.6 Å². The lowest BCUT2D eigenvalue weighted by molar-refractivity contribution is -0.111. The number of hydrogen-bond acceptors (Lipinski definition) is 6. The molecular weight excluding hydrogens is 370 g/mol. The third-order valence-corrected chi connectivity index (χ3v) is 4.36. The molecule has 0 aliphatic rings. The summed E-state index contributed by atoms with van der Waals surface area (Å²) in [5.74, 6) is 0.988. The average Bonchev–Trinajstić information content (AvgIpc) is 3.30. The number of H-pyrrole nitrogens is 1. The summed E-state index contributed by atoms with van der Waals surface area (Å²) in [7, 11) is 1.86. The fraction of sp³-hybridized carbons (Fsp3) is 0.100. The third kappa shape index (κ3) is 3.79. The highest BCUT2D eigenvalue weighted by molar-refractivity contribution is 5.99. The Labute approximate surface area is 166 Å². The topological polar surface area (TPSA) is 110 Å². The first-order valence-corrected chi connectivity index (χ1v) is 8.85. The number of carbonyl (C=O) groups is 1. The van der Waals surface area contributed by atoms with Crippen molar-refractivity contribution in [2.24, 2.45) is 7.05 Å². The van der Waals surface area contributed by atoms with Crippen molar-refractivity contribution in [2.45, 2.75) is 6.92 Å². The van der Waals surface area contributed by atoms with Crippen molar-refractivity contribution in [2.75, 3.05) is 10.6 Å². The van der Waals surface area contributed by atoms with E-state index in [1.807, 2.05) is 20.0 Å². The second-order valence-electron chi connectivity index (χ2n) is 6.31. The maximum atomic E-state index is 11.5. The van der Waals surface area contributed by atoms with E-state index in [4.69, 9.17) is 4.74 Å². The van der Waals surface area contributed by atoms with Crippen LogP contribution in [0, 0.1) is 6.92 Å². The predicted octanol–water partition coefficient (Wildman–Crippen LogP) is 3.66. The molecule has 0 saturated carbocycles.